The lowest BCUT2D eigenvalue weighted by molar-refractivity contribution is -0.137. The molecule has 128 valence electrons. The maximum absolute atomic E-state index is 12.7. The third-order valence-corrected chi connectivity index (χ3v) is 4.00. The highest BCUT2D eigenvalue weighted by Crippen LogP contribution is 2.34. The van der Waals surface area contributed by atoms with E-state index >= 15 is 0 Å². The third-order valence-electron chi connectivity index (χ3n) is 2.82. The topological polar surface area (TPSA) is 38.3 Å². The normalized spacial score (nSPS) is 11.2. The second-order valence-electron chi connectivity index (χ2n) is 4.60. The highest BCUT2D eigenvalue weighted by Gasteiger charge is 2.31. The smallest absolute Gasteiger partial charge is 0.416 e. The molecule has 0 saturated heterocycles. The van der Waals surface area contributed by atoms with Crippen molar-refractivity contribution in [1.82, 2.24) is 0 Å². The molecule has 0 fully saturated rings. The van der Waals surface area contributed by atoms with Crippen LogP contribution in [-0.2, 0) is 11.0 Å². The number of hydrogen-bond acceptors (Lipinski definition) is 2. The molecule has 0 bridgehead atoms. The van der Waals surface area contributed by atoms with E-state index in [1.54, 1.807) is 18.2 Å². The van der Waals surface area contributed by atoms with Crippen LogP contribution in [0.15, 0.2) is 40.9 Å². The van der Waals surface area contributed by atoms with Crippen LogP contribution in [0.5, 0.6) is 5.75 Å². The van der Waals surface area contributed by atoms with Gasteiger partial charge in [-0.25, -0.2) is 0 Å². The van der Waals surface area contributed by atoms with Crippen LogP contribution < -0.4 is 10.1 Å². The number of amides is 1. The molecule has 9 heteroatoms. The van der Waals surface area contributed by atoms with E-state index in [0.717, 1.165) is 18.2 Å². The summed E-state index contributed by atoms with van der Waals surface area (Å²) in [6.45, 7) is -0.410. The zero-order valence-corrected chi connectivity index (χ0v) is 14.9. The number of benzene rings is 2. The molecule has 1 N–H and O–H groups in total. The van der Waals surface area contributed by atoms with Gasteiger partial charge in [0.05, 0.1) is 20.7 Å². The molecule has 0 atom stereocenters. The van der Waals surface area contributed by atoms with Gasteiger partial charge in [-0.15, -0.1) is 0 Å². The summed E-state index contributed by atoms with van der Waals surface area (Å²) in [5.41, 5.74) is -1.06. The van der Waals surface area contributed by atoms with E-state index in [0.29, 0.717) is 15.2 Å². The van der Waals surface area contributed by atoms with Crippen LogP contribution in [0, 0.1) is 0 Å². The molecule has 24 heavy (non-hydrogen) atoms. The SMILES string of the molecule is O=C(COc1ccc(Cl)cc1Br)Nc1cc(C(F)(F)F)ccc1Cl. The minimum absolute atomic E-state index is 0.0102. The lowest BCUT2D eigenvalue weighted by atomic mass is 10.2. The lowest BCUT2D eigenvalue weighted by Gasteiger charge is -2.12. The number of anilines is 1. The molecule has 0 radical (unpaired) electrons. The lowest BCUT2D eigenvalue weighted by Crippen LogP contribution is -2.21. The van der Waals surface area contributed by atoms with Crippen molar-refractivity contribution in [2.75, 3.05) is 11.9 Å². The van der Waals surface area contributed by atoms with Crippen LogP contribution in [-0.4, -0.2) is 12.5 Å². The molecule has 0 aliphatic rings. The van der Waals surface area contributed by atoms with Crippen LogP contribution in [0.3, 0.4) is 0 Å². The standard InChI is InChI=1S/C15H9BrCl2F3NO2/c16-10-6-9(17)2-4-13(10)24-7-14(23)22-12-5-8(15(19,20)21)1-3-11(12)18/h1-6H,7H2,(H,22,23). The van der Waals surface area contributed by atoms with Gasteiger partial charge in [-0.3, -0.25) is 4.79 Å². The Labute approximate surface area is 153 Å². The summed E-state index contributed by atoms with van der Waals surface area (Å²) in [6, 6.07) is 7.37. The Bertz CT molecular complexity index is 769. The van der Waals surface area contributed by atoms with Crippen LogP contribution in [0.4, 0.5) is 18.9 Å². The van der Waals surface area contributed by atoms with Crippen LogP contribution in [0.1, 0.15) is 5.56 Å². The molecule has 1 amide bonds. The Hall–Kier alpha value is -1.44. The van der Waals surface area contributed by atoms with E-state index in [4.69, 9.17) is 27.9 Å². The minimum Gasteiger partial charge on any atom is -0.483 e. The summed E-state index contributed by atoms with van der Waals surface area (Å²) in [5.74, 6) is -0.289. The van der Waals surface area contributed by atoms with Crippen molar-refractivity contribution in [3.8, 4) is 5.75 Å². The molecule has 2 aromatic carbocycles. The summed E-state index contributed by atoms with van der Waals surface area (Å²) >= 11 is 14.8. The van der Waals surface area contributed by atoms with Crippen molar-refractivity contribution in [1.29, 1.82) is 0 Å². The van der Waals surface area contributed by atoms with Crippen molar-refractivity contribution in [3.63, 3.8) is 0 Å². The van der Waals surface area contributed by atoms with E-state index in [1.807, 2.05) is 0 Å². The number of hydrogen-bond donors (Lipinski definition) is 1. The highest BCUT2D eigenvalue weighted by molar-refractivity contribution is 9.10. The van der Waals surface area contributed by atoms with Crippen molar-refractivity contribution < 1.29 is 22.7 Å². The first-order valence-corrected chi connectivity index (χ1v) is 7.96. The van der Waals surface area contributed by atoms with Gasteiger partial charge in [0.25, 0.3) is 5.91 Å². The van der Waals surface area contributed by atoms with Crippen LogP contribution in [0.2, 0.25) is 10.0 Å². The predicted molar refractivity (Wildman–Crippen MR) is 89.7 cm³/mol. The van der Waals surface area contributed by atoms with Gasteiger partial charge in [0.2, 0.25) is 0 Å². The van der Waals surface area contributed by atoms with Gasteiger partial charge in [-0.1, -0.05) is 23.2 Å². The average Bonchev–Trinajstić information content (AvgIpc) is 2.47. The second kappa shape index (κ2) is 7.63. The van der Waals surface area contributed by atoms with E-state index in [-0.39, 0.29) is 10.7 Å². The predicted octanol–water partition coefficient (Wildman–Crippen LogP) is 5.79. The summed E-state index contributed by atoms with van der Waals surface area (Å²) in [7, 11) is 0. The summed E-state index contributed by atoms with van der Waals surface area (Å²) in [4.78, 5) is 11.9. The molecule has 0 saturated carbocycles. The molecule has 2 aromatic rings. The molecule has 0 aromatic heterocycles. The monoisotopic (exact) mass is 441 g/mol. The van der Waals surface area contributed by atoms with E-state index in [1.165, 1.54) is 0 Å². The first kappa shape index (κ1) is 18.9. The zero-order chi connectivity index (χ0) is 17.9. The fourth-order valence-electron chi connectivity index (χ4n) is 1.72. The van der Waals surface area contributed by atoms with Gasteiger partial charge < -0.3 is 10.1 Å². The molecule has 0 unspecified atom stereocenters. The van der Waals surface area contributed by atoms with Gasteiger partial charge >= 0.3 is 6.18 Å². The van der Waals surface area contributed by atoms with E-state index in [9.17, 15) is 18.0 Å². The summed E-state index contributed by atoms with van der Waals surface area (Å²) in [5, 5.41) is 2.76. The Morgan fingerprint density at radius 2 is 1.88 bits per heavy atom. The van der Waals surface area contributed by atoms with Gasteiger partial charge in [0.1, 0.15) is 5.75 Å². The largest absolute Gasteiger partial charge is 0.483 e. The third kappa shape index (κ3) is 5.03. The molecule has 0 aliphatic carbocycles. The number of carbonyl (C=O) groups excluding carboxylic acids is 1. The second-order valence-corrected chi connectivity index (χ2v) is 6.30. The maximum Gasteiger partial charge on any atom is 0.416 e. The van der Waals surface area contributed by atoms with E-state index < -0.39 is 24.3 Å². The van der Waals surface area contributed by atoms with Crippen molar-refractivity contribution in [3.05, 3.63) is 56.5 Å². The number of alkyl halides is 3. The molecule has 0 spiro atoms. The van der Waals surface area contributed by atoms with Crippen molar-refractivity contribution in [2.45, 2.75) is 6.18 Å². The zero-order valence-electron chi connectivity index (χ0n) is 11.8. The summed E-state index contributed by atoms with van der Waals surface area (Å²) in [6.07, 6.45) is -4.53. The Balaban J connectivity index is 2.04. The maximum atomic E-state index is 12.7. The summed E-state index contributed by atoms with van der Waals surface area (Å²) < 4.78 is 43.9. The molecule has 2 rings (SSSR count). The van der Waals surface area contributed by atoms with Gasteiger partial charge in [-0.2, -0.15) is 13.2 Å². The molecule has 0 heterocycles. The molecular formula is C15H9BrCl2F3NO2. The van der Waals surface area contributed by atoms with Gasteiger partial charge in [0, 0.05) is 5.02 Å². The number of ether oxygens (including phenoxy) is 1. The van der Waals surface area contributed by atoms with Crippen LogP contribution in [0.25, 0.3) is 0 Å². The molecular weight excluding hydrogens is 434 g/mol. The Kier molecular flexibility index (Phi) is 6.01. The van der Waals surface area contributed by atoms with Crippen LogP contribution >= 0.6 is 39.1 Å². The Morgan fingerprint density at radius 1 is 1.17 bits per heavy atom. The van der Waals surface area contributed by atoms with E-state index in [2.05, 4.69) is 21.2 Å². The minimum atomic E-state index is -4.53. The fraction of sp³-hybridized carbons (Fsp3) is 0.133. The van der Waals surface area contributed by atoms with Crippen molar-refractivity contribution >= 4 is 50.7 Å². The molecule has 0 aliphatic heterocycles. The fourth-order valence-corrected chi connectivity index (χ4v) is 2.68. The average molecular weight is 443 g/mol. The van der Waals surface area contributed by atoms with Crippen molar-refractivity contribution in [2.24, 2.45) is 0 Å². The Morgan fingerprint density at radius 3 is 2.50 bits per heavy atom. The number of halogens is 6. The first-order valence-electron chi connectivity index (χ1n) is 6.41. The number of nitrogens with one attached hydrogen (secondary N) is 1. The molecule has 3 nitrogen and oxygen atoms in total. The van der Waals surface area contributed by atoms with Gasteiger partial charge in [-0.05, 0) is 52.3 Å². The number of carbonyl (C=O) groups is 1. The number of rotatable bonds is 4. The quantitative estimate of drug-likeness (QED) is 0.650. The van der Waals surface area contributed by atoms with Gasteiger partial charge in [0.15, 0.2) is 6.61 Å². The highest BCUT2D eigenvalue weighted by atomic mass is 79.9. The first-order chi connectivity index (χ1) is 11.2.